The van der Waals surface area contributed by atoms with E-state index >= 15 is 0 Å². The van der Waals surface area contributed by atoms with Gasteiger partial charge in [-0.1, -0.05) is 36.7 Å². The molecule has 35 heavy (non-hydrogen) atoms. The quantitative estimate of drug-likeness (QED) is 0.300. The van der Waals surface area contributed by atoms with E-state index in [0.29, 0.717) is 34.1 Å². The summed E-state index contributed by atoms with van der Waals surface area (Å²) in [5, 5.41) is 12.6. The largest absolute Gasteiger partial charge is 0.458 e. The fourth-order valence-corrected chi connectivity index (χ4v) is 4.93. The first-order chi connectivity index (χ1) is 16.9. The number of ether oxygens (including phenoxy) is 1. The molecule has 2 aromatic heterocycles. The molecule has 0 unspecified atom stereocenters. The number of pyridine rings is 2. The Balaban J connectivity index is 1.51. The van der Waals surface area contributed by atoms with E-state index in [-0.39, 0.29) is 18.6 Å². The van der Waals surface area contributed by atoms with Gasteiger partial charge >= 0.3 is 5.97 Å². The number of hydrogen-bond donors (Lipinski definition) is 1. The number of esters is 1. The molecular formula is C27H20ClN3O4. The van der Waals surface area contributed by atoms with E-state index in [1.807, 2.05) is 36.4 Å². The van der Waals surface area contributed by atoms with Gasteiger partial charge in [-0.2, -0.15) is 0 Å². The molecule has 0 fully saturated rings. The molecule has 0 spiro atoms. The molecule has 2 aliphatic rings. The first kappa shape index (κ1) is 21.7. The van der Waals surface area contributed by atoms with E-state index in [4.69, 9.17) is 21.3 Å². The monoisotopic (exact) mass is 485 g/mol. The van der Waals surface area contributed by atoms with E-state index in [1.54, 1.807) is 35.9 Å². The molecule has 0 aliphatic carbocycles. The summed E-state index contributed by atoms with van der Waals surface area (Å²) >= 11 is 5.97. The number of para-hydroxylation sites is 1. The average Bonchev–Trinajstić information content (AvgIpc) is 3.23. The molecule has 0 amide bonds. The van der Waals surface area contributed by atoms with Crippen LogP contribution in [0.1, 0.15) is 35.6 Å². The Morgan fingerprint density at radius 3 is 2.77 bits per heavy atom. The summed E-state index contributed by atoms with van der Waals surface area (Å²) in [6.45, 7) is 1.90. The maximum atomic E-state index is 13.3. The summed E-state index contributed by atoms with van der Waals surface area (Å²) in [5.41, 5.74) is 2.96. The van der Waals surface area contributed by atoms with E-state index in [0.717, 1.165) is 27.7 Å². The lowest BCUT2D eigenvalue weighted by Gasteiger charge is -2.31. The van der Waals surface area contributed by atoms with Crippen LogP contribution in [0.3, 0.4) is 0 Å². The molecule has 2 aromatic carbocycles. The SMILES string of the molecule is CC[C@@]1(O)C(=O)OCc2c1cc1n(c2=O)Cc2cc3cccc(C=Nc4ccc(Cl)cc4)c3nc2-1. The molecule has 4 aromatic rings. The summed E-state index contributed by atoms with van der Waals surface area (Å²) in [7, 11) is 0. The lowest BCUT2D eigenvalue weighted by atomic mass is 9.86. The van der Waals surface area contributed by atoms with E-state index < -0.39 is 11.6 Å². The van der Waals surface area contributed by atoms with E-state index in [2.05, 4.69) is 4.99 Å². The van der Waals surface area contributed by atoms with Crippen molar-refractivity contribution in [1.82, 2.24) is 9.55 Å². The van der Waals surface area contributed by atoms with Gasteiger partial charge in [0, 0.05) is 33.3 Å². The van der Waals surface area contributed by atoms with Crippen LogP contribution < -0.4 is 5.56 Å². The van der Waals surface area contributed by atoms with Crippen LogP contribution in [0.2, 0.25) is 5.02 Å². The van der Waals surface area contributed by atoms with E-state index in [9.17, 15) is 14.7 Å². The van der Waals surface area contributed by atoms with Crippen molar-refractivity contribution in [2.75, 3.05) is 0 Å². The van der Waals surface area contributed by atoms with Crippen LogP contribution in [-0.2, 0) is 28.3 Å². The van der Waals surface area contributed by atoms with Crippen molar-refractivity contribution in [1.29, 1.82) is 0 Å². The fourth-order valence-electron chi connectivity index (χ4n) is 4.81. The second-order valence-electron chi connectivity index (χ2n) is 8.75. The zero-order valence-corrected chi connectivity index (χ0v) is 19.5. The highest BCUT2D eigenvalue weighted by atomic mass is 35.5. The minimum atomic E-state index is -1.85. The van der Waals surface area contributed by atoms with Crippen molar-refractivity contribution in [3.05, 3.63) is 92.2 Å². The fraction of sp³-hybridized carbons (Fsp3) is 0.185. The highest BCUT2D eigenvalue weighted by Crippen LogP contribution is 2.38. The highest BCUT2D eigenvalue weighted by Gasteiger charge is 2.45. The molecule has 1 N–H and O–H groups in total. The summed E-state index contributed by atoms with van der Waals surface area (Å²) in [5.74, 6) is -0.734. The van der Waals surface area contributed by atoms with Crippen molar-refractivity contribution in [3.63, 3.8) is 0 Å². The number of cyclic esters (lactones) is 1. The molecule has 0 saturated carbocycles. The van der Waals surface area contributed by atoms with Gasteiger partial charge in [0.15, 0.2) is 5.60 Å². The topological polar surface area (TPSA) is 93.8 Å². The second kappa shape index (κ2) is 7.86. The Labute approximate surface area is 205 Å². The number of hydrogen-bond acceptors (Lipinski definition) is 6. The average molecular weight is 486 g/mol. The number of aliphatic imine (C=N–C) groups is 1. The van der Waals surface area contributed by atoms with Gasteiger partial charge in [0.2, 0.25) is 0 Å². The van der Waals surface area contributed by atoms with Gasteiger partial charge < -0.3 is 14.4 Å². The lowest BCUT2D eigenvalue weighted by molar-refractivity contribution is -0.172. The minimum absolute atomic E-state index is 0.102. The second-order valence-corrected chi connectivity index (χ2v) is 9.19. The zero-order valence-electron chi connectivity index (χ0n) is 18.8. The minimum Gasteiger partial charge on any atom is -0.458 e. The maximum absolute atomic E-state index is 13.3. The molecule has 4 heterocycles. The number of halogens is 1. The molecule has 0 bridgehead atoms. The van der Waals surface area contributed by atoms with Crippen molar-refractivity contribution >= 4 is 40.4 Å². The summed E-state index contributed by atoms with van der Waals surface area (Å²) in [4.78, 5) is 35.2. The first-order valence-electron chi connectivity index (χ1n) is 11.3. The molecule has 8 heteroatoms. The molecule has 7 nitrogen and oxygen atoms in total. The van der Waals surface area contributed by atoms with Crippen molar-refractivity contribution in [2.24, 2.45) is 4.99 Å². The Bertz CT molecular complexity index is 1620. The molecule has 6 rings (SSSR count). The van der Waals surface area contributed by atoms with Gasteiger partial charge in [-0.05, 0) is 42.8 Å². The number of aromatic nitrogens is 2. The number of benzene rings is 2. The third kappa shape index (κ3) is 3.31. The molecule has 2 aliphatic heterocycles. The molecule has 1 atom stereocenters. The van der Waals surface area contributed by atoms with Crippen LogP contribution >= 0.6 is 11.6 Å². The summed E-state index contributed by atoms with van der Waals surface area (Å²) in [6, 6.07) is 16.8. The van der Waals surface area contributed by atoms with Gasteiger partial charge in [-0.15, -0.1) is 0 Å². The predicted molar refractivity (Wildman–Crippen MR) is 133 cm³/mol. The third-order valence-electron chi connectivity index (χ3n) is 6.75. The van der Waals surface area contributed by atoms with Gasteiger partial charge in [0.25, 0.3) is 5.56 Å². The Hall–Kier alpha value is -3.81. The van der Waals surface area contributed by atoms with Crippen LogP contribution in [0.5, 0.6) is 0 Å². The number of rotatable bonds is 3. The van der Waals surface area contributed by atoms with Crippen molar-refractivity contribution in [2.45, 2.75) is 32.1 Å². The van der Waals surface area contributed by atoms with Crippen LogP contribution in [-0.4, -0.2) is 26.8 Å². The van der Waals surface area contributed by atoms with Crippen molar-refractivity contribution < 1.29 is 14.6 Å². The number of carbonyl (C=O) groups excluding carboxylic acids is 1. The Kier molecular flexibility index (Phi) is 4.88. The van der Waals surface area contributed by atoms with Gasteiger partial charge in [0.05, 0.1) is 34.7 Å². The number of nitrogens with zero attached hydrogens (tertiary/aromatic N) is 3. The van der Waals surface area contributed by atoms with Gasteiger partial charge in [0.1, 0.15) is 6.61 Å². The lowest BCUT2D eigenvalue weighted by Crippen LogP contribution is -2.44. The molecule has 174 valence electrons. The third-order valence-corrected chi connectivity index (χ3v) is 7.00. The van der Waals surface area contributed by atoms with Gasteiger partial charge in [-0.25, -0.2) is 9.78 Å². The summed E-state index contributed by atoms with van der Waals surface area (Å²) < 4.78 is 6.77. The normalized spacial score (nSPS) is 18.4. The molecule has 0 radical (unpaired) electrons. The summed E-state index contributed by atoms with van der Waals surface area (Å²) in [6.07, 6.45) is 1.86. The van der Waals surface area contributed by atoms with Crippen molar-refractivity contribution in [3.8, 4) is 11.4 Å². The zero-order chi connectivity index (χ0) is 24.3. The van der Waals surface area contributed by atoms with E-state index in [1.165, 1.54) is 0 Å². The van der Waals surface area contributed by atoms with Crippen LogP contribution in [0.15, 0.2) is 64.4 Å². The van der Waals surface area contributed by atoms with Crippen LogP contribution in [0.4, 0.5) is 5.69 Å². The number of aliphatic hydroxyl groups is 1. The van der Waals surface area contributed by atoms with Crippen LogP contribution in [0, 0.1) is 0 Å². The van der Waals surface area contributed by atoms with Crippen LogP contribution in [0.25, 0.3) is 22.3 Å². The maximum Gasteiger partial charge on any atom is 0.343 e. The Morgan fingerprint density at radius 1 is 1.20 bits per heavy atom. The first-order valence-corrected chi connectivity index (χ1v) is 11.7. The Morgan fingerprint density at radius 2 is 2.00 bits per heavy atom. The number of fused-ring (bicyclic) bond motifs is 5. The molecule has 0 saturated heterocycles. The van der Waals surface area contributed by atoms with Gasteiger partial charge in [-0.3, -0.25) is 9.79 Å². The highest BCUT2D eigenvalue weighted by molar-refractivity contribution is 6.30. The standard InChI is InChI=1S/C27H20ClN3O4/c1-2-27(34)21-11-22-24-17(13-31(22)25(32)20(21)14-35-26(27)33)10-15-4-3-5-16(23(15)30-24)12-29-19-8-6-18(28)7-9-19/h3-12,34H,2,13-14H2,1H3/t27-/m0/s1. The smallest absolute Gasteiger partial charge is 0.343 e. The predicted octanol–water partition coefficient (Wildman–Crippen LogP) is 4.48. The number of carbonyl (C=O) groups is 1. The molecular weight excluding hydrogens is 466 g/mol.